The molecule has 0 amide bonds. The molecule has 3 heteroatoms. The molecule has 0 spiro atoms. The minimum atomic E-state index is -0.0647. The second-order valence-corrected chi connectivity index (χ2v) is 4.16. The third-order valence-electron chi connectivity index (χ3n) is 2.79. The number of hydrogen-bond donors (Lipinski definition) is 1. The Morgan fingerprint density at radius 2 is 1.94 bits per heavy atom. The van der Waals surface area contributed by atoms with Gasteiger partial charge in [-0.1, -0.05) is 24.3 Å². The number of nitrogens with zero attached hydrogens (tertiary/aromatic N) is 1. The number of para-hydroxylation sites is 1. The molecule has 1 heterocycles. The summed E-state index contributed by atoms with van der Waals surface area (Å²) in [5.41, 5.74) is 7.68. The average Bonchev–Trinajstić information content (AvgIpc) is 2.42. The van der Waals surface area contributed by atoms with Crippen LogP contribution in [0.1, 0.15) is 24.3 Å². The van der Waals surface area contributed by atoms with Crippen LogP contribution in [-0.2, 0) is 6.42 Å². The lowest BCUT2D eigenvalue weighted by Gasteiger charge is -2.16. The number of nitrogens with two attached hydrogens (primary N) is 1. The lowest BCUT2D eigenvalue weighted by Crippen LogP contribution is -2.08. The normalized spacial score (nSPS) is 12.1. The van der Waals surface area contributed by atoms with E-state index in [-0.39, 0.29) is 6.10 Å². The van der Waals surface area contributed by atoms with Gasteiger partial charge in [-0.05, 0) is 43.7 Å². The SMILES string of the molecule is CC(Oc1ccccc1CCN)c1ccccn1. The maximum Gasteiger partial charge on any atom is 0.138 e. The number of pyridine rings is 1. The Balaban J connectivity index is 2.14. The molecule has 18 heavy (non-hydrogen) atoms. The summed E-state index contributed by atoms with van der Waals surface area (Å²) in [6.45, 7) is 2.62. The Labute approximate surface area is 108 Å². The van der Waals surface area contributed by atoms with Crippen LogP contribution < -0.4 is 10.5 Å². The standard InChI is InChI=1S/C15H18N2O/c1-12(14-7-4-5-11-17-14)18-15-8-3-2-6-13(15)9-10-16/h2-8,11-12H,9-10,16H2,1H3. The number of aromatic nitrogens is 1. The molecule has 2 aromatic rings. The van der Waals surface area contributed by atoms with Gasteiger partial charge in [-0.2, -0.15) is 0 Å². The van der Waals surface area contributed by atoms with Crippen molar-refractivity contribution in [1.29, 1.82) is 0 Å². The molecule has 2 N–H and O–H groups in total. The summed E-state index contributed by atoms with van der Waals surface area (Å²) >= 11 is 0. The van der Waals surface area contributed by atoms with Crippen molar-refractivity contribution in [2.45, 2.75) is 19.4 Å². The summed E-state index contributed by atoms with van der Waals surface area (Å²) in [6.07, 6.45) is 2.54. The van der Waals surface area contributed by atoms with Crippen molar-refractivity contribution >= 4 is 0 Å². The third-order valence-corrected chi connectivity index (χ3v) is 2.79. The van der Waals surface area contributed by atoms with E-state index in [0.29, 0.717) is 6.54 Å². The smallest absolute Gasteiger partial charge is 0.138 e. The topological polar surface area (TPSA) is 48.1 Å². The zero-order valence-corrected chi connectivity index (χ0v) is 10.5. The highest BCUT2D eigenvalue weighted by Gasteiger charge is 2.10. The van der Waals surface area contributed by atoms with Crippen molar-refractivity contribution in [1.82, 2.24) is 4.98 Å². The van der Waals surface area contributed by atoms with Crippen molar-refractivity contribution in [3.8, 4) is 5.75 Å². The van der Waals surface area contributed by atoms with Crippen LogP contribution in [0.3, 0.4) is 0 Å². The molecule has 0 radical (unpaired) electrons. The van der Waals surface area contributed by atoms with Crippen molar-refractivity contribution in [3.05, 3.63) is 59.9 Å². The van der Waals surface area contributed by atoms with Crippen molar-refractivity contribution in [2.24, 2.45) is 5.73 Å². The molecule has 1 atom stereocenters. The van der Waals surface area contributed by atoms with Gasteiger partial charge in [-0.3, -0.25) is 4.98 Å². The predicted octanol–water partition coefficient (Wildman–Crippen LogP) is 2.72. The Morgan fingerprint density at radius 3 is 2.67 bits per heavy atom. The van der Waals surface area contributed by atoms with E-state index in [1.54, 1.807) is 6.20 Å². The van der Waals surface area contributed by atoms with Gasteiger partial charge in [0.1, 0.15) is 11.9 Å². The minimum absolute atomic E-state index is 0.0647. The first-order chi connectivity index (χ1) is 8.81. The minimum Gasteiger partial charge on any atom is -0.484 e. The maximum absolute atomic E-state index is 5.97. The van der Waals surface area contributed by atoms with E-state index >= 15 is 0 Å². The van der Waals surface area contributed by atoms with Gasteiger partial charge in [0, 0.05) is 6.20 Å². The molecule has 1 aromatic carbocycles. The quantitative estimate of drug-likeness (QED) is 0.877. The molecule has 94 valence electrons. The second kappa shape index (κ2) is 6.17. The van der Waals surface area contributed by atoms with E-state index < -0.39 is 0 Å². The van der Waals surface area contributed by atoms with E-state index in [2.05, 4.69) is 4.98 Å². The molecule has 3 nitrogen and oxygen atoms in total. The fourth-order valence-corrected chi connectivity index (χ4v) is 1.85. The zero-order valence-electron chi connectivity index (χ0n) is 10.5. The molecular weight excluding hydrogens is 224 g/mol. The van der Waals surface area contributed by atoms with E-state index in [4.69, 9.17) is 10.5 Å². The van der Waals surface area contributed by atoms with Gasteiger partial charge in [0.25, 0.3) is 0 Å². The summed E-state index contributed by atoms with van der Waals surface area (Å²) in [7, 11) is 0. The molecule has 0 aliphatic rings. The van der Waals surface area contributed by atoms with Crippen molar-refractivity contribution in [2.75, 3.05) is 6.54 Å². The van der Waals surface area contributed by atoms with Gasteiger partial charge < -0.3 is 10.5 Å². The van der Waals surface area contributed by atoms with Crippen LogP contribution in [0.25, 0.3) is 0 Å². The molecule has 0 fully saturated rings. The van der Waals surface area contributed by atoms with Gasteiger partial charge in [-0.15, -0.1) is 0 Å². The summed E-state index contributed by atoms with van der Waals surface area (Å²) in [5.74, 6) is 0.890. The predicted molar refractivity (Wildman–Crippen MR) is 72.5 cm³/mol. The first-order valence-electron chi connectivity index (χ1n) is 6.17. The van der Waals surface area contributed by atoms with Crippen LogP contribution in [-0.4, -0.2) is 11.5 Å². The van der Waals surface area contributed by atoms with Gasteiger partial charge in [0.05, 0.1) is 5.69 Å². The van der Waals surface area contributed by atoms with Crippen LogP contribution in [0.4, 0.5) is 0 Å². The first-order valence-corrected chi connectivity index (χ1v) is 6.17. The van der Waals surface area contributed by atoms with Gasteiger partial charge in [0.2, 0.25) is 0 Å². The molecule has 1 aromatic heterocycles. The molecule has 2 rings (SSSR count). The third kappa shape index (κ3) is 3.08. The van der Waals surface area contributed by atoms with Gasteiger partial charge in [-0.25, -0.2) is 0 Å². The van der Waals surface area contributed by atoms with Gasteiger partial charge in [0.15, 0.2) is 0 Å². The number of ether oxygens (including phenoxy) is 1. The highest BCUT2D eigenvalue weighted by atomic mass is 16.5. The summed E-state index contributed by atoms with van der Waals surface area (Å²) < 4.78 is 5.97. The van der Waals surface area contributed by atoms with E-state index in [9.17, 15) is 0 Å². The summed E-state index contributed by atoms with van der Waals surface area (Å²) in [5, 5.41) is 0. The van der Waals surface area contributed by atoms with Crippen LogP contribution >= 0.6 is 0 Å². The van der Waals surface area contributed by atoms with Gasteiger partial charge >= 0.3 is 0 Å². The van der Waals surface area contributed by atoms with Crippen LogP contribution in [0, 0.1) is 0 Å². The summed E-state index contributed by atoms with van der Waals surface area (Å²) in [6, 6.07) is 13.8. The summed E-state index contributed by atoms with van der Waals surface area (Å²) in [4.78, 5) is 4.30. The Morgan fingerprint density at radius 1 is 1.17 bits per heavy atom. The number of rotatable bonds is 5. The first kappa shape index (κ1) is 12.6. The average molecular weight is 242 g/mol. The van der Waals surface area contributed by atoms with Crippen LogP contribution in [0.2, 0.25) is 0 Å². The number of benzene rings is 1. The largest absolute Gasteiger partial charge is 0.484 e. The highest BCUT2D eigenvalue weighted by Crippen LogP contribution is 2.24. The monoisotopic (exact) mass is 242 g/mol. The maximum atomic E-state index is 5.97. The molecule has 0 aliphatic heterocycles. The van der Waals surface area contributed by atoms with Crippen LogP contribution in [0.15, 0.2) is 48.7 Å². The van der Waals surface area contributed by atoms with Crippen LogP contribution in [0.5, 0.6) is 5.75 Å². The van der Waals surface area contributed by atoms with E-state index in [1.165, 1.54) is 0 Å². The van der Waals surface area contributed by atoms with E-state index in [0.717, 1.165) is 23.4 Å². The lowest BCUT2D eigenvalue weighted by atomic mass is 10.1. The lowest BCUT2D eigenvalue weighted by molar-refractivity contribution is 0.219. The number of hydrogen-bond acceptors (Lipinski definition) is 3. The second-order valence-electron chi connectivity index (χ2n) is 4.16. The van der Waals surface area contributed by atoms with Crippen molar-refractivity contribution < 1.29 is 4.74 Å². The Bertz CT molecular complexity index is 485. The molecule has 0 saturated heterocycles. The highest BCUT2D eigenvalue weighted by molar-refractivity contribution is 5.34. The molecule has 1 unspecified atom stereocenters. The molecule has 0 saturated carbocycles. The van der Waals surface area contributed by atoms with Crippen molar-refractivity contribution in [3.63, 3.8) is 0 Å². The Kier molecular flexibility index (Phi) is 4.31. The fraction of sp³-hybridized carbons (Fsp3) is 0.267. The molecular formula is C15H18N2O. The molecule has 0 bridgehead atoms. The molecule has 0 aliphatic carbocycles. The fourth-order valence-electron chi connectivity index (χ4n) is 1.85. The zero-order chi connectivity index (χ0) is 12.8. The van der Waals surface area contributed by atoms with E-state index in [1.807, 2.05) is 49.4 Å². The Hall–Kier alpha value is -1.87.